The Morgan fingerprint density at radius 3 is 2.77 bits per heavy atom. The van der Waals surface area contributed by atoms with Crippen LogP contribution in [0.5, 0.6) is 5.75 Å². The van der Waals surface area contributed by atoms with E-state index in [9.17, 15) is 14.9 Å². The van der Waals surface area contributed by atoms with Crippen LogP contribution in [0.1, 0.15) is 23.7 Å². The number of aromatic nitrogens is 1. The Morgan fingerprint density at radius 2 is 2.08 bits per heavy atom. The summed E-state index contributed by atoms with van der Waals surface area (Å²) in [5.74, 6) is 0.0494. The number of carbonyl (C=O) groups excluding carboxylic acids is 1. The van der Waals surface area contributed by atoms with E-state index in [1.54, 1.807) is 30.3 Å². The maximum atomic E-state index is 12.6. The quantitative estimate of drug-likeness (QED) is 0.504. The number of aryl methyl sites for hydroxylation is 1. The molecule has 3 aromatic rings. The largest absolute Gasteiger partial charge is 0.496 e. The number of rotatable bonds is 5. The second-order valence-corrected chi connectivity index (χ2v) is 6.57. The monoisotopic (exact) mass is 371 g/mol. The van der Waals surface area contributed by atoms with Gasteiger partial charge in [0.15, 0.2) is 4.80 Å². The summed E-state index contributed by atoms with van der Waals surface area (Å²) < 4.78 is 7.86. The predicted molar refractivity (Wildman–Crippen MR) is 99.6 cm³/mol. The van der Waals surface area contributed by atoms with Gasteiger partial charge in [0.1, 0.15) is 5.75 Å². The molecule has 0 bridgehead atoms. The lowest BCUT2D eigenvalue weighted by atomic mass is 10.2. The predicted octanol–water partition coefficient (Wildman–Crippen LogP) is 3.77. The highest BCUT2D eigenvalue weighted by atomic mass is 32.1. The molecule has 0 N–H and O–H groups in total. The van der Waals surface area contributed by atoms with Crippen LogP contribution in [0.4, 0.5) is 5.69 Å². The minimum atomic E-state index is -0.430. The first kappa shape index (κ1) is 17.8. The molecule has 0 saturated heterocycles. The van der Waals surface area contributed by atoms with Crippen LogP contribution in [-0.4, -0.2) is 22.5 Å². The van der Waals surface area contributed by atoms with Gasteiger partial charge in [0.2, 0.25) is 0 Å². The Labute approximate surface area is 153 Å². The van der Waals surface area contributed by atoms with E-state index < -0.39 is 10.8 Å². The first-order valence-electron chi connectivity index (χ1n) is 8.05. The first-order chi connectivity index (χ1) is 12.5. The van der Waals surface area contributed by atoms with E-state index in [4.69, 9.17) is 4.74 Å². The molecule has 8 heteroatoms. The molecule has 134 valence electrons. The van der Waals surface area contributed by atoms with Gasteiger partial charge in [-0.05, 0) is 24.6 Å². The summed E-state index contributed by atoms with van der Waals surface area (Å²) in [6.45, 7) is 2.68. The third kappa shape index (κ3) is 3.36. The van der Waals surface area contributed by atoms with Crippen LogP contribution in [0, 0.1) is 10.1 Å². The van der Waals surface area contributed by atoms with Crippen molar-refractivity contribution in [3.05, 3.63) is 62.9 Å². The fourth-order valence-corrected chi connectivity index (χ4v) is 3.76. The normalized spacial score (nSPS) is 11.7. The molecule has 1 heterocycles. The fourth-order valence-electron chi connectivity index (χ4n) is 2.67. The molecule has 0 fully saturated rings. The van der Waals surface area contributed by atoms with E-state index in [1.807, 2.05) is 11.5 Å². The van der Waals surface area contributed by atoms with Crippen molar-refractivity contribution in [1.29, 1.82) is 0 Å². The van der Waals surface area contributed by atoms with Crippen molar-refractivity contribution < 1.29 is 14.5 Å². The van der Waals surface area contributed by atoms with Gasteiger partial charge >= 0.3 is 0 Å². The smallest absolute Gasteiger partial charge is 0.283 e. The van der Waals surface area contributed by atoms with Gasteiger partial charge in [-0.25, -0.2) is 0 Å². The SMILES string of the molecule is CCCn1c(=NC(=O)c2ccccc2OC)sc2cc([N+](=O)[O-])ccc21. The van der Waals surface area contributed by atoms with Gasteiger partial charge in [0, 0.05) is 18.7 Å². The number of non-ortho nitro benzene ring substituents is 1. The lowest BCUT2D eigenvalue weighted by molar-refractivity contribution is -0.384. The van der Waals surface area contributed by atoms with Crippen LogP contribution in [0.15, 0.2) is 47.5 Å². The van der Waals surface area contributed by atoms with E-state index in [0.717, 1.165) is 16.6 Å². The van der Waals surface area contributed by atoms with Gasteiger partial charge in [-0.15, -0.1) is 0 Å². The number of hydrogen-bond acceptors (Lipinski definition) is 5. The van der Waals surface area contributed by atoms with Gasteiger partial charge in [-0.2, -0.15) is 4.99 Å². The summed E-state index contributed by atoms with van der Waals surface area (Å²) in [7, 11) is 1.50. The second kappa shape index (κ2) is 7.49. The molecule has 0 atom stereocenters. The molecule has 0 unspecified atom stereocenters. The number of nitro groups is 1. The zero-order valence-corrected chi connectivity index (χ0v) is 15.2. The molecule has 0 spiro atoms. The summed E-state index contributed by atoms with van der Waals surface area (Å²) >= 11 is 1.26. The molecule has 0 aliphatic rings. The van der Waals surface area contributed by atoms with Crippen LogP contribution < -0.4 is 9.54 Å². The van der Waals surface area contributed by atoms with Crippen LogP contribution in [0.25, 0.3) is 10.2 Å². The maximum Gasteiger partial charge on any atom is 0.283 e. The van der Waals surface area contributed by atoms with Gasteiger partial charge < -0.3 is 9.30 Å². The number of carbonyl (C=O) groups is 1. The lowest BCUT2D eigenvalue weighted by Gasteiger charge is -2.05. The van der Waals surface area contributed by atoms with Crippen molar-refractivity contribution in [2.45, 2.75) is 19.9 Å². The summed E-state index contributed by atoms with van der Waals surface area (Å²) in [5, 5.41) is 11.0. The average Bonchev–Trinajstić information content (AvgIpc) is 2.98. The molecule has 26 heavy (non-hydrogen) atoms. The van der Waals surface area contributed by atoms with E-state index >= 15 is 0 Å². The van der Waals surface area contributed by atoms with Gasteiger partial charge in [-0.3, -0.25) is 14.9 Å². The van der Waals surface area contributed by atoms with Crippen LogP contribution in [-0.2, 0) is 6.54 Å². The van der Waals surface area contributed by atoms with E-state index in [1.165, 1.54) is 30.6 Å². The molecule has 2 aromatic carbocycles. The third-order valence-electron chi connectivity index (χ3n) is 3.86. The Morgan fingerprint density at radius 1 is 1.31 bits per heavy atom. The Hall–Kier alpha value is -3.00. The molecule has 0 aliphatic heterocycles. The molecule has 1 aromatic heterocycles. The summed E-state index contributed by atoms with van der Waals surface area (Å²) in [5.41, 5.74) is 1.22. The minimum Gasteiger partial charge on any atom is -0.496 e. The standard InChI is InChI=1S/C18H17N3O4S/c1-3-10-20-14-9-8-12(21(23)24)11-16(14)26-18(20)19-17(22)13-6-4-5-7-15(13)25-2/h4-9,11H,3,10H2,1-2H3. The minimum absolute atomic E-state index is 0.0185. The number of amides is 1. The van der Waals surface area contributed by atoms with Crippen molar-refractivity contribution in [3.8, 4) is 5.75 Å². The van der Waals surface area contributed by atoms with Gasteiger partial charge in [-0.1, -0.05) is 30.4 Å². The van der Waals surface area contributed by atoms with Gasteiger partial charge in [0.05, 0.1) is 27.8 Å². The van der Waals surface area contributed by atoms with E-state index in [2.05, 4.69) is 4.99 Å². The highest BCUT2D eigenvalue weighted by Gasteiger charge is 2.14. The molecule has 0 radical (unpaired) electrons. The molecule has 3 rings (SSSR count). The van der Waals surface area contributed by atoms with Crippen LogP contribution in [0.3, 0.4) is 0 Å². The zero-order chi connectivity index (χ0) is 18.7. The summed E-state index contributed by atoms with van der Waals surface area (Å²) in [4.78, 5) is 28.0. The average molecular weight is 371 g/mol. The number of benzene rings is 2. The lowest BCUT2D eigenvalue weighted by Crippen LogP contribution is -2.17. The fraction of sp³-hybridized carbons (Fsp3) is 0.222. The van der Waals surface area contributed by atoms with Gasteiger partial charge in [0.25, 0.3) is 11.6 Å². The molecule has 1 amide bonds. The van der Waals surface area contributed by atoms with E-state index in [-0.39, 0.29) is 5.69 Å². The van der Waals surface area contributed by atoms with Crippen molar-refractivity contribution in [2.24, 2.45) is 4.99 Å². The Kier molecular flexibility index (Phi) is 5.13. The Balaban J connectivity index is 2.16. The van der Waals surface area contributed by atoms with E-state index in [0.29, 0.717) is 22.7 Å². The Bertz CT molecular complexity index is 1050. The number of thiazole rings is 1. The van der Waals surface area contributed by atoms with Crippen molar-refractivity contribution in [3.63, 3.8) is 0 Å². The molecular formula is C18H17N3O4S. The number of methoxy groups -OCH3 is 1. The molecule has 0 aliphatic carbocycles. The maximum absolute atomic E-state index is 12.6. The molecule has 7 nitrogen and oxygen atoms in total. The highest BCUT2D eigenvalue weighted by Crippen LogP contribution is 2.24. The topological polar surface area (TPSA) is 86.7 Å². The summed E-state index contributed by atoms with van der Waals surface area (Å²) in [6, 6.07) is 11.6. The van der Waals surface area contributed by atoms with Crippen molar-refractivity contribution in [1.82, 2.24) is 4.57 Å². The number of ether oxygens (including phenoxy) is 1. The number of hydrogen-bond donors (Lipinski definition) is 0. The number of fused-ring (bicyclic) bond motifs is 1. The van der Waals surface area contributed by atoms with Crippen LogP contribution >= 0.6 is 11.3 Å². The first-order valence-corrected chi connectivity index (χ1v) is 8.86. The van der Waals surface area contributed by atoms with Crippen LogP contribution in [0.2, 0.25) is 0 Å². The molecular weight excluding hydrogens is 354 g/mol. The summed E-state index contributed by atoms with van der Waals surface area (Å²) in [6.07, 6.45) is 0.846. The number of nitro benzene ring substituents is 1. The number of para-hydroxylation sites is 1. The molecule has 0 saturated carbocycles. The van der Waals surface area contributed by atoms with Crippen molar-refractivity contribution >= 4 is 33.1 Å². The van der Waals surface area contributed by atoms with Crippen molar-refractivity contribution in [2.75, 3.05) is 7.11 Å². The number of nitrogens with zero attached hydrogens (tertiary/aromatic N) is 3. The highest BCUT2D eigenvalue weighted by molar-refractivity contribution is 7.16. The second-order valence-electron chi connectivity index (χ2n) is 5.56. The zero-order valence-electron chi connectivity index (χ0n) is 14.3. The third-order valence-corrected chi connectivity index (χ3v) is 4.90.